The van der Waals surface area contributed by atoms with Crippen molar-refractivity contribution < 1.29 is 14.3 Å². The molecule has 2 heterocycles. The molecule has 5 N–H and O–H groups in total. The summed E-state index contributed by atoms with van der Waals surface area (Å²) >= 11 is 0. The Morgan fingerprint density at radius 1 is 1.02 bits per heavy atom. The van der Waals surface area contributed by atoms with E-state index in [4.69, 9.17) is 20.2 Å². The molecular formula is C31H50N8O3. The van der Waals surface area contributed by atoms with Gasteiger partial charge in [-0.1, -0.05) is 43.5 Å². The van der Waals surface area contributed by atoms with Crippen LogP contribution in [0.3, 0.4) is 0 Å². The van der Waals surface area contributed by atoms with Crippen molar-refractivity contribution in [2.24, 2.45) is 0 Å². The van der Waals surface area contributed by atoms with Crippen LogP contribution >= 0.6 is 0 Å². The average molecular weight is 583 g/mol. The highest BCUT2D eigenvalue weighted by molar-refractivity contribution is 5.78. The van der Waals surface area contributed by atoms with Gasteiger partial charge in [0.15, 0.2) is 0 Å². The van der Waals surface area contributed by atoms with Gasteiger partial charge in [-0.2, -0.15) is 9.97 Å². The topological polar surface area (TPSA) is 130 Å². The van der Waals surface area contributed by atoms with Crippen molar-refractivity contribution in [3.8, 4) is 0 Å². The second kappa shape index (κ2) is 17.2. The molecule has 0 radical (unpaired) electrons. The second-order valence-corrected chi connectivity index (χ2v) is 11.4. The molecule has 42 heavy (non-hydrogen) atoms. The highest BCUT2D eigenvalue weighted by atomic mass is 16.5. The Morgan fingerprint density at radius 3 is 2.52 bits per heavy atom. The maximum absolute atomic E-state index is 12.6. The lowest BCUT2D eigenvalue weighted by Gasteiger charge is -2.40. The summed E-state index contributed by atoms with van der Waals surface area (Å²) in [7, 11) is 1.61. The van der Waals surface area contributed by atoms with Crippen molar-refractivity contribution >= 4 is 23.5 Å². The van der Waals surface area contributed by atoms with E-state index in [1.807, 2.05) is 11.8 Å². The standard InChI is InChI=1S/C31H50N8O3/c1-24-22-38(15-16-39(24)30(40)23-42-18-17-41-2)29-19-28(32)36-31(37-29)35-21-26-11-9-25(10-12-26)20-33-13-6-14-34-27-7-4-3-5-8-27/h9-12,19,24,27,33-34H,3-8,13-18,20-23H2,1-2H3,(H3,32,35,36,37)/t24-/m1/s1. The van der Waals surface area contributed by atoms with Crippen molar-refractivity contribution in [3.63, 3.8) is 0 Å². The summed E-state index contributed by atoms with van der Waals surface area (Å²) in [6.45, 7) is 8.50. The number of hydrogen-bond acceptors (Lipinski definition) is 10. The Balaban J connectivity index is 1.17. The number of benzene rings is 1. The van der Waals surface area contributed by atoms with E-state index < -0.39 is 0 Å². The first-order valence-electron chi connectivity index (χ1n) is 15.5. The van der Waals surface area contributed by atoms with Gasteiger partial charge in [0.05, 0.1) is 13.2 Å². The first-order chi connectivity index (χ1) is 20.5. The van der Waals surface area contributed by atoms with Gasteiger partial charge in [0, 0.05) is 58.0 Å². The minimum Gasteiger partial charge on any atom is -0.383 e. The van der Waals surface area contributed by atoms with Crippen LogP contribution < -0.4 is 26.6 Å². The molecule has 11 heteroatoms. The molecule has 2 aliphatic rings. The smallest absolute Gasteiger partial charge is 0.248 e. The summed E-state index contributed by atoms with van der Waals surface area (Å²) in [6.07, 6.45) is 7.99. The monoisotopic (exact) mass is 582 g/mol. The Morgan fingerprint density at radius 2 is 1.79 bits per heavy atom. The van der Waals surface area contributed by atoms with Gasteiger partial charge in [0.2, 0.25) is 11.9 Å². The molecule has 1 aliphatic heterocycles. The van der Waals surface area contributed by atoms with Gasteiger partial charge >= 0.3 is 0 Å². The fourth-order valence-electron chi connectivity index (χ4n) is 5.63. The Bertz CT molecular complexity index is 1080. The summed E-state index contributed by atoms with van der Waals surface area (Å²) in [5.41, 5.74) is 8.56. The number of nitrogens with two attached hydrogens (primary N) is 1. The maximum Gasteiger partial charge on any atom is 0.248 e. The van der Waals surface area contributed by atoms with Crippen molar-refractivity contribution in [1.29, 1.82) is 0 Å². The van der Waals surface area contributed by atoms with Gasteiger partial charge in [-0.05, 0) is 50.4 Å². The van der Waals surface area contributed by atoms with Crippen LogP contribution in [0.25, 0.3) is 0 Å². The largest absolute Gasteiger partial charge is 0.383 e. The summed E-state index contributed by atoms with van der Waals surface area (Å²) in [4.78, 5) is 25.7. The van der Waals surface area contributed by atoms with Crippen molar-refractivity contribution in [3.05, 3.63) is 41.5 Å². The summed E-state index contributed by atoms with van der Waals surface area (Å²) < 4.78 is 10.4. The highest BCUT2D eigenvalue weighted by Gasteiger charge is 2.28. The molecule has 1 atom stereocenters. The third-order valence-electron chi connectivity index (χ3n) is 8.03. The first-order valence-corrected chi connectivity index (χ1v) is 15.5. The van der Waals surface area contributed by atoms with Gasteiger partial charge in [0.1, 0.15) is 18.2 Å². The van der Waals surface area contributed by atoms with E-state index in [-0.39, 0.29) is 18.6 Å². The molecule has 4 rings (SSSR count). The van der Waals surface area contributed by atoms with Crippen LogP contribution in [0, 0.1) is 0 Å². The van der Waals surface area contributed by atoms with Crippen LogP contribution in [0.2, 0.25) is 0 Å². The molecule has 0 unspecified atom stereocenters. The normalized spacial score (nSPS) is 17.9. The average Bonchev–Trinajstić information content (AvgIpc) is 3.00. The third kappa shape index (κ3) is 10.4. The third-order valence-corrected chi connectivity index (χ3v) is 8.03. The van der Waals surface area contributed by atoms with Crippen LogP contribution in [0.4, 0.5) is 17.6 Å². The highest BCUT2D eigenvalue weighted by Crippen LogP contribution is 2.21. The number of carbonyl (C=O) groups is 1. The van der Waals surface area contributed by atoms with Gasteiger partial charge in [-0.3, -0.25) is 4.79 Å². The van der Waals surface area contributed by atoms with Crippen molar-refractivity contribution in [2.45, 2.75) is 70.6 Å². The number of methoxy groups -OCH3 is 1. The molecule has 1 saturated carbocycles. The molecule has 232 valence electrons. The molecule has 1 saturated heterocycles. The number of hydrogen-bond donors (Lipinski definition) is 4. The lowest BCUT2D eigenvalue weighted by molar-refractivity contribution is -0.139. The van der Waals surface area contributed by atoms with Crippen molar-refractivity contribution in [2.75, 3.05) is 75.6 Å². The van der Waals surface area contributed by atoms with Crippen molar-refractivity contribution in [1.82, 2.24) is 25.5 Å². The van der Waals surface area contributed by atoms with Gasteiger partial charge in [-0.15, -0.1) is 0 Å². The number of anilines is 3. The number of amides is 1. The lowest BCUT2D eigenvalue weighted by Crippen LogP contribution is -2.55. The molecule has 2 fully saturated rings. The minimum absolute atomic E-state index is 0.00762. The minimum atomic E-state index is -0.00762. The number of rotatable bonds is 16. The van der Waals surface area contributed by atoms with E-state index in [1.165, 1.54) is 37.7 Å². The van der Waals surface area contributed by atoms with Crippen LogP contribution in [0.5, 0.6) is 0 Å². The predicted molar refractivity (Wildman–Crippen MR) is 167 cm³/mol. The Hall–Kier alpha value is -2.99. The Labute approximate surface area is 250 Å². The maximum atomic E-state index is 12.6. The lowest BCUT2D eigenvalue weighted by atomic mass is 9.95. The molecule has 0 bridgehead atoms. The second-order valence-electron chi connectivity index (χ2n) is 11.4. The van der Waals surface area contributed by atoms with Gasteiger partial charge in [0.25, 0.3) is 0 Å². The Kier molecular flexibility index (Phi) is 13.1. The number of nitrogen functional groups attached to an aromatic ring is 1. The van der Waals surface area contributed by atoms with Gasteiger partial charge < -0.3 is 41.0 Å². The molecular weight excluding hydrogens is 532 g/mol. The number of nitrogens with zero attached hydrogens (tertiary/aromatic N) is 4. The van der Waals surface area contributed by atoms with Crippen LogP contribution in [-0.4, -0.2) is 92.5 Å². The summed E-state index contributed by atoms with van der Waals surface area (Å²) in [6, 6.07) is 11.2. The predicted octanol–water partition coefficient (Wildman–Crippen LogP) is 2.77. The zero-order valence-electron chi connectivity index (χ0n) is 25.4. The van der Waals surface area contributed by atoms with E-state index >= 15 is 0 Å². The van der Waals surface area contributed by atoms with Crippen LogP contribution in [0.15, 0.2) is 30.3 Å². The van der Waals surface area contributed by atoms with E-state index in [0.717, 1.165) is 43.5 Å². The van der Waals surface area contributed by atoms with E-state index in [9.17, 15) is 4.79 Å². The summed E-state index contributed by atoms with van der Waals surface area (Å²) in [5.74, 6) is 1.66. The molecule has 1 amide bonds. The first kappa shape index (κ1) is 31.9. The number of carbonyl (C=O) groups excluding carboxylic acids is 1. The zero-order chi connectivity index (χ0) is 29.6. The van der Waals surface area contributed by atoms with Gasteiger partial charge in [-0.25, -0.2) is 0 Å². The number of aromatic nitrogens is 2. The quantitative estimate of drug-likeness (QED) is 0.219. The SMILES string of the molecule is COCCOCC(=O)N1CCN(c2cc(N)nc(NCc3ccc(CNCCCNC4CCCCC4)cc3)n2)C[C@H]1C. The van der Waals surface area contributed by atoms with Crippen LogP contribution in [-0.2, 0) is 27.4 Å². The zero-order valence-corrected chi connectivity index (χ0v) is 25.4. The molecule has 0 spiro atoms. The molecule has 2 aromatic rings. The van der Waals surface area contributed by atoms with Crippen LogP contribution in [0.1, 0.15) is 56.6 Å². The summed E-state index contributed by atoms with van der Waals surface area (Å²) in [5, 5.41) is 10.6. The fraction of sp³-hybridized carbons (Fsp3) is 0.645. The van der Waals surface area contributed by atoms with E-state index in [1.54, 1.807) is 13.2 Å². The van der Waals surface area contributed by atoms with E-state index in [2.05, 4.69) is 50.1 Å². The molecule has 1 aromatic heterocycles. The molecule has 1 aliphatic carbocycles. The number of nitrogens with one attached hydrogen (secondary N) is 3. The fourth-order valence-corrected chi connectivity index (χ4v) is 5.63. The molecule has 1 aromatic carbocycles. The van der Waals surface area contributed by atoms with E-state index in [0.29, 0.717) is 51.2 Å². The number of ether oxygens (including phenoxy) is 2. The number of piperazine rings is 1. The molecule has 11 nitrogen and oxygen atoms in total.